The van der Waals surface area contributed by atoms with Gasteiger partial charge in [-0.05, 0) is 0 Å². The van der Waals surface area contributed by atoms with Crippen LogP contribution < -0.4 is 15.9 Å². The van der Waals surface area contributed by atoms with E-state index in [9.17, 15) is 16.9 Å². The zero-order chi connectivity index (χ0) is 24.1. The molecule has 0 fully saturated rings. The van der Waals surface area contributed by atoms with Crippen molar-refractivity contribution in [2.45, 2.75) is 6.16 Å². The second-order valence-corrected chi connectivity index (χ2v) is 17.0. The zero-order valence-electron chi connectivity index (χ0n) is 19.2. The van der Waals surface area contributed by atoms with Crippen LogP contribution in [-0.4, -0.2) is 19.5 Å². The van der Waals surface area contributed by atoms with Crippen LogP contribution in [0.25, 0.3) is 0 Å². The molecule has 0 aliphatic heterocycles. The van der Waals surface area contributed by atoms with Crippen molar-refractivity contribution in [3.05, 3.63) is 127 Å². The molecule has 4 rings (SSSR count). The Hall–Kier alpha value is -1.86. The maximum atomic E-state index is 9.93. The molecule has 0 amide bonds. The number of halogens is 6. The second-order valence-electron chi connectivity index (χ2n) is 7.62. The fraction of sp³-hybridized carbons (Fsp3) is 0.0400. The summed E-state index contributed by atoms with van der Waals surface area (Å²) in [7, 11) is -2.16. The van der Waals surface area contributed by atoms with Gasteiger partial charge >= 0.3 is 194 Å². The summed E-state index contributed by atoms with van der Waals surface area (Å²) in [4.78, 5) is 0. The van der Waals surface area contributed by atoms with Gasteiger partial charge < -0.3 is 0 Å². The van der Waals surface area contributed by atoms with Gasteiger partial charge in [-0.2, -0.15) is 9.90 Å². The average Bonchev–Trinajstić information content (AvgIpc) is 2.78. The molecule has 1 unspecified atom stereocenters. The van der Waals surface area contributed by atoms with Crippen molar-refractivity contribution in [3.63, 3.8) is 0 Å². The van der Waals surface area contributed by atoms with E-state index in [4.69, 9.17) is 0 Å². The summed E-state index contributed by atoms with van der Waals surface area (Å²) in [5, 5.41) is 4.38. The van der Waals surface area contributed by atoms with Crippen molar-refractivity contribution in [3.8, 4) is 0 Å². The Morgan fingerprint density at radius 3 is 0.971 bits per heavy atom. The third-order valence-electron chi connectivity index (χ3n) is 5.11. The first-order valence-electron chi connectivity index (χ1n) is 10.1. The number of hydrogen-bond acceptors (Lipinski definition) is 0. The predicted octanol–water partition coefficient (Wildman–Crippen LogP) is 7.22. The van der Waals surface area contributed by atoms with E-state index in [1.165, 1.54) is 21.5 Å². The molecule has 4 aromatic rings. The molecule has 0 aromatic heterocycles. The van der Waals surface area contributed by atoms with Crippen LogP contribution >= 0.6 is 17.2 Å². The standard InChI is InChI=1S/C25H23P.6FH.H3P.Sb/c1-5-13-22(14-6-1)21-26(23-15-7-2-8-16-23,24-17-9-3-10-18-24)25-19-11-4-12-20-25;;;;;;;;/h1-20,26H,21H2;6*1H;1H3;/q;;;;;;;;+5/p-5. The van der Waals surface area contributed by atoms with E-state index in [0.29, 0.717) is 0 Å². The van der Waals surface area contributed by atoms with Crippen LogP contribution in [0.1, 0.15) is 6.99 Å². The van der Waals surface area contributed by atoms with E-state index < -0.39 is 26.7 Å². The Bertz CT molecular complexity index is 1050. The van der Waals surface area contributed by atoms with Crippen LogP contribution in [0, 0.1) is 0 Å². The first-order chi connectivity index (χ1) is 15.3. The Labute approximate surface area is 203 Å². The van der Waals surface area contributed by atoms with Crippen LogP contribution in [-0.2, 0) is 6.16 Å². The fourth-order valence-corrected chi connectivity index (χ4v) is 8.62. The summed E-state index contributed by atoms with van der Waals surface area (Å²) in [5.41, 5.74) is 1.40. The van der Waals surface area contributed by atoms with Crippen LogP contribution in [0.3, 0.4) is 0 Å². The predicted molar refractivity (Wildman–Crippen MR) is 141 cm³/mol. The van der Waals surface area contributed by atoms with Gasteiger partial charge in [0.25, 0.3) is 0 Å². The van der Waals surface area contributed by atoms with Crippen molar-refractivity contribution >= 4 is 52.6 Å². The van der Waals surface area contributed by atoms with E-state index in [0.717, 1.165) is 6.16 Å². The average molecular weight is 625 g/mol. The summed E-state index contributed by atoms with van der Waals surface area (Å²) < 4.78 is 59.6. The molecule has 0 bridgehead atoms. The molecule has 0 saturated heterocycles. The molecular weight excluding hydrogens is 598 g/mol. The Morgan fingerprint density at radius 2 is 0.706 bits per heavy atom. The van der Waals surface area contributed by atoms with Gasteiger partial charge in [-0.15, -0.1) is 0 Å². The van der Waals surface area contributed by atoms with Gasteiger partial charge in [-0.3, -0.25) is 0 Å². The van der Waals surface area contributed by atoms with Crippen molar-refractivity contribution < 1.29 is 18.3 Å². The first kappa shape index (κ1) is 28.4. The van der Waals surface area contributed by atoms with Gasteiger partial charge in [0.2, 0.25) is 0 Å². The van der Waals surface area contributed by atoms with E-state index in [-0.39, 0.29) is 11.3 Å². The molecule has 0 aliphatic rings. The summed E-state index contributed by atoms with van der Waals surface area (Å²) >= 11 is -11.2. The Morgan fingerprint density at radius 1 is 0.471 bits per heavy atom. The summed E-state index contributed by atoms with van der Waals surface area (Å²) in [5.74, 6) is 0. The van der Waals surface area contributed by atoms with Crippen LogP contribution in [0.5, 0.6) is 0 Å². The van der Waals surface area contributed by atoms with Gasteiger partial charge in [0.15, 0.2) is 0 Å². The Kier molecular flexibility index (Phi) is 8.68. The van der Waals surface area contributed by atoms with E-state index in [2.05, 4.69) is 121 Å². The van der Waals surface area contributed by atoms with Gasteiger partial charge in [0.05, 0.1) is 0 Å². The monoisotopic (exact) mass is 624 g/mol. The van der Waals surface area contributed by atoms with Crippen molar-refractivity contribution in [1.29, 1.82) is 0 Å². The zero-order valence-corrected chi connectivity index (χ0v) is 23.1. The second kappa shape index (κ2) is 10.4. The number of hydrogen-bond donors (Lipinski definition) is 0. The molecule has 184 valence electrons. The first-order valence-corrected chi connectivity index (χ1v) is 18.1. The summed E-state index contributed by atoms with van der Waals surface area (Å²) in [6.45, 7) is 0. The van der Waals surface area contributed by atoms with Gasteiger partial charge in [0, 0.05) is 0 Å². The summed E-state index contributed by atoms with van der Waals surface area (Å²) in [6.07, 6.45) is 1.06. The minimum atomic E-state index is -11.2. The number of rotatable bonds is 5. The number of benzene rings is 4. The van der Waals surface area contributed by atoms with Gasteiger partial charge in [-0.25, -0.2) is 0 Å². The minimum absolute atomic E-state index is 0. The molecule has 0 spiro atoms. The van der Waals surface area contributed by atoms with Crippen LogP contribution in [0.2, 0.25) is 0 Å². The van der Waals surface area contributed by atoms with E-state index in [1.807, 2.05) is 0 Å². The molecule has 0 N–H and O–H groups in total. The van der Waals surface area contributed by atoms with E-state index in [1.54, 1.807) is 0 Å². The van der Waals surface area contributed by atoms with Crippen molar-refractivity contribution in [2.75, 3.05) is 0 Å². The quantitative estimate of drug-likeness (QED) is 0.125. The van der Waals surface area contributed by atoms with Crippen molar-refractivity contribution in [2.24, 2.45) is 0 Å². The van der Waals surface area contributed by atoms with Crippen molar-refractivity contribution in [1.82, 2.24) is 0 Å². The molecular formula is C25H27F6P2Sb. The molecule has 4 aromatic carbocycles. The SMILES string of the molecule is P.[F][Sb-]([F])([F])([F])([F])[F].[H+].c1ccc(C[PH](c2ccccc2)(c2ccccc2)c2ccccc2)cc1. The molecule has 0 nitrogen and oxygen atoms in total. The third kappa shape index (κ3) is 9.06. The molecule has 1 atom stereocenters. The molecule has 0 aliphatic carbocycles. The van der Waals surface area contributed by atoms with Crippen LogP contribution in [0.4, 0.5) is 16.9 Å². The molecule has 34 heavy (non-hydrogen) atoms. The van der Waals surface area contributed by atoms with Crippen LogP contribution in [0.15, 0.2) is 121 Å². The van der Waals surface area contributed by atoms with Gasteiger partial charge in [0.1, 0.15) is 0 Å². The van der Waals surface area contributed by atoms with Gasteiger partial charge in [-0.1, -0.05) is 0 Å². The normalized spacial score (nSPS) is 13.8. The molecule has 0 radical (unpaired) electrons. The van der Waals surface area contributed by atoms with E-state index >= 15 is 0 Å². The summed E-state index contributed by atoms with van der Waals surface area (Å²) in [6, 6.07) is 44.2. The topological polar surface area (TPSA) is 0 Å². The third-order valence-corrected chi connectivity index (χ3v) is 10.0. The Balaban J connectivity index is 0.000000601. The molecule has 0 heterocycles. The maximum absolute atomic E-state index is 11.2. The molecule has 0 saturated carbocycles. The fourth-order valence-electron chi connectivity index (χ4n) is 3.88. The molecule has 9 heteroatoms.